The molecule has 0 aromatic rings. The molecule has 3 atom stereocenters. The molecule has 72 valence electrons. The van der Waals surface area contributed by atoms with Gasteiger partial charge in [-0.3, -0.25) is 4.90 Å². The van der Waals surface area contributed by atoms with Gasteiger partial charge in [0, 0.05) is 25.2 Å². The third kappa shape index (κ3) is 2.76. The van der Waals surface area contributed by atoms with Crippen molar-refractivity contribution in [3.8, 4) is 0 Å². The van der Waals surface area contributed by atoms with Gasteiger partial charge in [-0.05, 0) is 32.6 Å². The van der Waals surface area contributed by atoms with E-state index in [1.807, 2.05) is 0 Å². The minimum atomic E-state index is 0.317. The van der Waals surface area contributed by atoms with Gasteiger partial charge in [-0.2, -0.15) is 0 Å². The van der Waals surface area contributed by atoms with Crippen LogP contribution in [0.2, 0.25) is 0 Å². The second-order valence-electron chi connectivity index (χ2n) is 4.46. The van der Waals surface area contributed by atoms with Crippen molar-refractivity contribution in [2.45, 2.75) is 45.7 Å². The molecule has 1 saturated heterocycles. The molecule has 0 aromatic carbocycles. The normalized spacial score (nSPS) is 35.0. The molecule has 2 unspecified atom stereocenters. The third-order valence-corrected chi connectivity index (χ3v) is 2.77. The van der Waals surface area contributed by atoms with Crippen LogP contribution in [0.3, 0.4) is 0 Å². The van der Waals surface area contributed by atoms with E-state index in [2.05, 4.69) is 25.7 Å². The maximum atomic E-state index is 5.79. The minimum Gasteiger partial charge on any atom is -0.327 e. The van der Waals surface area contributed by atoms with Crippen LogP contribution in [0.25, 0.3) is 0 Å². The van der Waals surface area contributed by atoms with Crippen LogP contribution < -0.4 is 5.73 Å². The van der Waals surface area contributed by atoms with E-state index in [1.54, 1.807) is 0 Å². The van der Waals surface area contributed by atoms with E-state index in [-0.39, 0.29) is 0 Å². The lowest BCUT2D eigenvalue weighted by Gasteiger charge is -2.37. The Bertz CT molecular complexity index is 132. The molecular formula is C10H22N2. The first-order valence-electron chi connectivity index (χ1n) is 5.09. The van der Waals surface area contributed by atoms with E-state index >= 15 is 0 Å². The molecule has 2 N–H and O–H groups in total. The highest BCUT2D eigenvalue weighted by Crippen LogP contribution is 2.20. The van der Waals surface area contributed by atoms with Gasteiger partial charge in [0.1, 0.15) is 0 Å². The Morgan fingerprint density at radius 2 is 2.08 bits per heavy atom. The van der Waals surface area contributed by atoms with Gasteiger partial charge in [0.05, 0.1) is 0 Å². The summed E-state index contributed by atoms with van der Waals surface area (Å²) in [6, 6.07) is 1.06. The lowest BCUT2D eigenvalue weighted by atomic mass is 9.95. The molecule has 0 saturated carbocycles. The quantitative estimate of drug-likeness (QED) is 0.679. The maximum absolute atomic E-state index is 5.79. The van der Waals surface area contributed by atoms with Crippen molar-refractivity contribution in [3.63, 3.8) is 0 Å². The second-order valence-corrected chi connectivity index (χ2v) is 4.46. The molecule has 0 aromatic heterocycles. The fraction of sp³-hybridized carbons (Fsp3) is 1.00. The zero-order valence-corrected chi connectivity index (χ0v) is 8.59. The van der Waals surface area contributed by atoms with Crippen LogP contribution in [0.1, 0.15) is 33.6 Å². The average molecular weight is 170 g/mol. The number of nitrogens with two attached hydrogens (primary N) is 1. The first-order valence-corrected chi connectivity index (χ1v) is 5.09. The zero-order valence-electron chi connectivity index (χ0n) is 8.59. The number of nitrogens with zero attached hydrogens (tertiary/aromatic N) is 1. The largest absolute Gasteiger partial charge is 0.327 e. The summed E-state index contributed by atoms with van der Waals surface area (Å²) in [6.45, 7) is 9.04. The molecule has 1 aliphatic heterocycles. The second kappa shape index (κ2) is 4.24. The summed E-state index contributed by atoms with van der Waals surface area (Å²) in [7, 11) is 0. The van der Waals surface area contributed by atoms with Gasteiger partial charge < -0.3 is 5.73 Å². The van der Waals surface area contributed by atoms with Gasteiger partial charge in [0.2, 0.25) is 0 Å². The van der Waals surface area contributed by atoms with Gasteiger partial charge in [-0.15, -0.1) is 0 Å². The highest BCUT2D eigenvalue weighted by molar-refractivity contribution is 4.78. The predicted molar refractivity (Wildman–Crippen MR) is 53.1 cm³/mol. The Balaban J connectivity index is 2.38. The molecule has 0 amide bonds. The summed E-state index contributed by atoms with van der Waals surface area (Å²) in [4.78, 5) is 2.53. The van der Waals surface area contributed by atoms with Crippen LogP contribution in [0, 0.1) is 5.92 Å². The fourth-order valence-electron chi connectivity index (χ4n) is 2.00. The van der Waals surface area contributed by atoms with Crippen LogP contribution in [0.15, 0.2) is 0 Å². The lowest BCUT2D eigenvalue weighted by molar-refractivity contribution is 0.119. The molecule has 0 aliphatic carbocycles. The minimum absolute atomic E-state index is 0.317. The van der Waals surface area contributed by atoms with Crippen LogP contribution in [0.4, 0.5) is 0 Å². The highest BCUT2D eigenvalue weighted by Gasteiger charge is 2.22. The van der Waals surface area contributed by atoms with E-state index in [0.29, 0.717) is 6.04 Å². The van der Waals surface area contributed by atoms with Crippen molar-refractivity contribution in [2.75, 3.05) is 13.1 Å². The summed E-state index contributed by atoms with van der Waals surface area (Å²) in [6.07, 6.45) is 2.73. The average Bonchev–Trinajstić information content (AvgIpc) is 1.96. The van der Waals surface area contributed by atoms with E-state index in [0.717, 1.165) is 18.5 Å². The van der Waals surface area contributed by atoms with E-state index < -0.39 is 0 Å². The molecule has 1 rings (SSSR count). The Morgan fingerprint density at radius 3 is 2.67 bits per heavy atom. The van der Waals surface area contributed by atoms with Gasteiger partial charge in [-0.1, -0.05) is 6.92 Å². The van der Waals surface area contributed by atoms with Gasteiger partial charge >= 0.3 is 0 Å². The lowest BCUT2D eigenvalue weighted by Crippen LogP contribution is -2.46. The number of hydrogen-bond donors (Lipinski definition) is 1. The summed E-state index contributed by atoms with van der Waals surface area (Å²) < 4.78 is 0. The van der Waals surface area contributed by atoms with Crippen LogP contribution >= 0.6 is 0 Å². The van der Waals surface area contributed by atoms with Crippen LogP contribution in [0.5, 0.6) is 0 Å². The maximum Gasteiger partial charge on any atom is 0.0139 e. The Labute approximate surface area is 76.1 Å². The SMILES string of the molecule is CC1CCC(C)N(C[C@H](C)N)C1. The molecule has 0 bridgehead atoms. The van der Waals surface area contributed by atoms with Crippen LogP contribution in [-0.4, -0.2) is 30.1 Å². The molecule has 2 nitrogen and oxygen atoms in total. The monoisotopic (exact) mass is 170 g/mol. The number of piperidine rings is 1. The van der Waals surface area contributed by atoms with Crippen molar-refractivity contribution < 1.29 is 0 Å². The summed E-state index contributed by atoms with van der Waals surface area (Å²) >= 11 is 0. The zero-order chi connectivity index (χ0) is 9.14. The highest BCUT2D eigenvalue weighted by atomic mass is 15.2. The number of rotatable bonds is 2. The molecule has 2 heteroatoms. The van der Waals surface area contributed by atoms with Crippen molar-refractivity contribution in [1.29, 1.82) is 0 Å². The predicted octanol–water partition coefficient (Wildman–Crippen LogP) is 1.45. The van der Waals surface area contributed by atoms with E-state index in [4.69, 9.17) is 5.73 Å². The number of hydrogen-bond acceptors (Lipinski definition) is 2. The Hall–Kier alpha value is -0.0800. The third-order valence-electron chi connectivity index (χ3n) is 2.77. The van der Waals surface area contributed by atoms with Gasteiger partial charge in [0.25, 0.3) is 0 Å². The molecular weight excluding hydrogens is 148 g/mol. The van der Waals surface area contributed by atoms with E-state index in [9.17, 15) is 0 Å². The first-order chi connectivity index (χ1) is 5.59. The van der Waals surface area contributed by atoms with Crippen molar-refractivity contribution >= 4 is 0 Å². The fourth-order valence-corrected chi connectivity index (χ4v) is 2.00. The van der Waals surface area contributed by atoms with E-state index in [1.165, 1.54) is 19.4 Å². The first kappa shape index (κ1) is 10.0. The molecule has 1 aliphatic rings. The summed E-state index contributed by atoms with van der Waals surface area (Å²) in [5.41, 5.74) is 5.79. The standard InChI is InChI=1S/C10H22N2/c1-8-4-5-10(3)12(6-8)7-9(2)11/h8-10H,4-7,11H2,1-3H3/t8?,9-,10?/m0/s1. The Morgan fingerprint density at radius 1 is 1.42 bits per heavy atom. The van der Waals surface area contributed by atoms with Gasteiger partial charge in [-0.25, -0.2) is 0 Å². The Kier molecular flexibility index (Phi) is 3.53. The molecule has 0 radical (unpaired) electrons. The molecule has 12 heavy (non-hydrogen) atoms. The van der Waals surface area contributed by atoms with Crippen LogP contribution in [-0.2, 0) is 0 Å². The van der Waals surface area contributed by atoms with Crippen molar-refractivity contribution in [2.24, 2.45) is 11.7 Å². The smallest absolute Gasteiger partial charge is 0.0139 e. The van der Waals surface area contributed by atoms with Crippen molar-refractivity contribution in [1.82, 2.24) is 4.90 Å². The molecule has 1 heterocycles. The van der Waals surface area contributed by atoms with Crippen molar-refractivity contribution in [3.05, 3.63) is 0 Å². The summed E-state index contributed by atoms with van der Waals surface area (Å²) in [5.74, 6) is 0.861. The molecule has 0 spiro atoms. The number of likely N-dealkylation sites (tertiary alicyclic amines) is 1. The molecule has 1 fully saturated rings. The summed E-state index contributed by atoms with van der Waals surface area (Å²) in [5, 5.41) is 0. The topological polar surface area (TPSA) is 29.3 Å². The van der Waals surface area contributed by atoms with Gasteiger partial charge in [0.15, 0.2) is 0 Å².